The van der Waals surface area contributed by atoms with Crippen LogP contribution < -0.4 is 5.32 Å². The van der Waals surface area contributed by atoms with Gasteiger partial charge in [-0.25, -0.2) is 15.0 Å². The summed E-state index contributed by atoms with van der Waals surface area (Å²) in [6.07, 6.45) is -3.33. The lowest BCUT2D eigenvalue weighted by Crippen LogP contribution is -2.09. The van der Waals surface area contributed by atoms with Crippen molar-refractivity contribution in [1.82, 2.24) is 15.0 Å². The van der Waals surface area contributed by atoms with E-state index in [0.29, 0.717) is 11.3 Å². The molecule has 2 aromatic heterocycles. The van der Waals surface area contributed by atoms with Crippen LogP contribution in [0, 0.1) is 0 Å². The lowest BCUT2D eigenvalue weighted by molar-refractivity contribution is -0.141. The van der Waals surface area contributed by atoms with Crippen LogP contribution in [0.25, 0.3) is 11.3 Å². The number of aromatic hydroxyl groups is 2. The van der Waals surface area contributed by atoms with Gasteiger partial charge in [0.1, 0.15) is 23.7 Å². The lowest BCUT2D eigenvalue weighted by Gasteiger charge is -2.10. The van der Waals surface area contributed by atoms with Crippen LogP contribution in [0.5, 0.6) is 11.5 Å². The van der Waals surface area contributed by atoms with Crippen molar-refractivity contribution in [3.63, 3.8) is 0 Å². The molecule has 0 aliphatic heterocycles. The van der Waals surface area contributed by atoms with Gasteiger partial charge in [0.15, 0.2) is 11.5 Å². The molecule has 0 unspecified atom stereocenters. The molecule has 0 aliphatic rings. The van der Waals surface area contributed by atoms with Gasteiger partial charge in [-0.15, -0.1) is 0 Å². The Kier molecular flexibility index (Phi) is 6.76. The average molecular weight is 446 g/mol. The standard InChI is InChI=1S/C16H11F3N4O2.H2O4S/c17-16(18,19)13-2-1-3-14(22-13)23-15-7-10(20-8-21-15)9-4-5-11(24)12(25)6-9;1-5(2,3)4/h1-8,24-25H,(H,20,21,22,23);(H2,1,2,3,4). The SMILES string of the molecule is O=S(=O)(O)O.Oc1ccc(-c2cc(Nc3cccc(C(F)(F)F)n3)ncn2)cc1O. The van der Waals surface area contributed by atoms with Crippen LogP contribution in [0.3, 0.4) is 0 Å². The van der Waals surface area contributed by atoms with Gasteiger partial charge in [-0.1, -0.05) is 6.07 Å². The maximum absolute atomic E-state index is 12.7. The molecule has 0 atom stereocenters. The molecule has 0 aliphatic carbocycles. The van der Waals surface area contributed by atoms with Gasteiger partial charge in [-0.2, -0.15) is 21.6 Å². The number of phenolic OH excluding ortho intramolecular Hbond substituents is 2. The van der Waals surface area contributed by atoms with Crippen LogP contribution >= 0.6 is 0 Å². The van der Waals surface area contributed by atoms with Crippen molar-refractivity contribution >= 4 is 22.0 Å². The molecule has 3 aromatic rings. The van der Waals surface area contributed by atoms with Crippen molar-refractivity contribution in [2.45, 2.75) is 6.18 Å². The zero-order chi connectivity index (χ0) is 22.5. The largest absolute Gasteiger partial charge is 0.504 e. The zero-order valence-electron chi connectivity index (χ0n) is 14.6. The van der Waals surface area contributed by atoms with Crippen molar-refractivity contribution < 1.29 is 40.9 Å². The number of alkyl halides is 3. The maximum Gasteiger partial charge on any atom is 0.433 e. The quantitative estimate of drug-likeness (QED) is 0.298. The Morgan fingerprint density at radius 1 is 0.900 bits per heavy atom. The Bertz CT molecular complexity index is 1130. The van der Waals surface area contributed by atoms with E-state index in [1.807, 2.05) is 0 Å². The average Bonchev–Trinajstić information content (AvgIpc) is 2.62. The molecule has 0 radical (unpaired) electrons. The Morgan fingerprint density at radius 3 is 2.17 bits per heavy atom. The summed E-state index contributed by atoms with van der Waals surface area (Å²) in [5, 5.41) is 21.6. The first kappa shape index (κ1) is 22.8. The highest BCUT2D eigenvalue weighted by Gasteiger charge is 2.32. The number of hydrogen-bond acceptors (Lipinski definition) is 8. The molecule has 30 heavy (non-hydrogen) atoms. The van der Waals surface area contributed by atoms with Gasteiger partial charge < -0.3 is 15.5 Å². The van der Waals surface area contributed by atoms with Crippen LogP contribution in [0.15, 0.2) is 48.8 Å². The van der Waals surface area contributed by atoms with Crippen molar-refractivity contribution in [2.24, 2.45) is 0 Å². The zero-order valence-corrected chi connectivity index (χ0v) is 15.4. The number of rotatable bonds is 3. The summed E-state index contributed by atoms with van der Waals surface area (Å²) in [7, 11) is -4.67. The van der Waals surface area contributed by atoms with Gasteiger partial charge in [-0.05, 0) is 30.3 Å². The summed E-state index contributed by atoms with van der Waals surface area (Å²) in [6, 6.07) is 9.10. The highest BCUT2D eigenvalue weighted by atomic mass is 32.3. The highest BCUT2D eigenvalue weighted by Crippen LogP contribution is 2.31. The second-order valence-corrected chi connectivity index (χ2v) is 6.37. The van der Waals surface area contributed by atoms with Crippen LogP contribution in [-0.2, 0) is 16.6 Å². The van der Waals surface area contributed by atoms with Gasteiger partial charge in [0, 0.05) is 11.6 Å². The first-order valence-electron chi connectivity index (χ1n) is 7.68. The van der Waals surface area contributed by atoms with Crippen molar-refractivity contribution in [2.75, 3.05) is 5.32 Å². The first-order chi connectivity index (χ1) is 13.8. The van der Waals surface area contributed by atoms with Gasteiger partial charge >= 0.3 is 16.6 Å². The molecule has 0 amide bonds. The van der Waals surface area contributed by atoms with Crippen molar-refractivity contribution in [3.8, 4) is 22.8 Å². The number of nitrogens with one attached hydrogen (secondary N) is 1. The highest BCUT2D eigenvalue weighted by molar-refractivity contribution is 7.79. The summed E-state index contributed by atoms with van der Waals surface area (Å²) < 4.78 is 69.7. The molecular weight excluding hydrogens is 433 g/mol. The molecule has 5 N–H and O–H groups in total. The monoisotopic (exact) mass is 446 g/mol. The predicted octanol–water partition coefficient (Wildman–Crippen LogP) is 3.06. The number of aromatic nitrogens is 3. The molecule has 10 nitrogen and oxygen atoms in total. The number of phenols is 2. The second kappa shape index (κ2) is 8.89. The van der Waals surface area contributed by atoms with E-state index < -0.39 is 22.3 Å². The number of anilines is 2. The topological polar surface area (TPSA) is 166 Å². The van der Waals surface area contributed by atoms with E-state index >= 15 is 0 Å². The maximum atomic E-state index is 12.7. The predicted molar refractivity (Wildman–Crippen MR) is 97.5 cm³/mol. The van der Waals surface area contributed by atoms with Crippen LogP contribution in [0.2, 0.25) is 0 Å². The van der Waals surface area contributed by atoms with Crippen LogP contribution in [0.4, 0.5) is 24.8 Å². The molecule has 14 heteroatoms. The van der Waals surface area contributed by atoms with Crippen LogP contribution in [-0.4, -0.2) is 42.7 Å². The normalized spacial score (nSPS) is 11.4. The van der Waals surface area contributed by atoms with E-state index in [-0.39, 0.29) is 23.1 Å². The summed E-state index contributed by atoms with van der Waals surface area (Å²) in [6.45, 7) is 0. The smallest absolute Gasteiger partial charge is 0.433 e. The number of nitrogens with zero attached hydrogens (tertiary/aromatic N) is 3. The van der Waals surface area contributed by atoms with E-state index in [9.17, 15) is 23.4 Å². The number of halogens is 3. The minimum absolute atomic E-state index is 0.0203. The van der Waals surface area contributed by atoms with Gasteiger partial charge in [-0.3, -0.25) is 9.11 Å². The van der Waals surface area contributed by atoms with Gasteiger partial charge in [0.25, 0.3) is 0 Å². The van der Waals surface area contributed by atoms with Crippen LogP contribution in [0.1, 0.15) is 5.69 Å². The van der Waals surface area contributed by atoms with Gasteiger partial charge in [0.05, 0.1) is 5.69 Å². The third-order valence-corrected chi connectivity index (χ3v) is 3.23. The minimum atomic E-state index is -4.67. The summed E-state index contributed by atoms with van der Waals surface area (Å²) in [5.41, 5.74) is -0.118. The summed E-state index contributed by atoms with van der Waals surface area (Å²) >= 11 is 0. The fraction of sp³-hybridized carbons (Fsp3) is 0.0625. The third kappa shape index (κ3) is 7.16. The number of benzene rings is 1. The van der Waals surface area contributed by atoms with E-state index in [0.717, 1.165) is 6.07 Å². The molecule has 3 rings (SSSR count). The Balaban J connectivity index is 0.000000575. The van der Waals surface area contributed by atoms with Crippen molar-refractivity contribution in [3.05, 3.63) is 54.5 Å². The number of hydrogen-bond donors (Lipinski definition) is 5. The van der Waals surface area contributed by atoms with Gasteiger partial charge in [0.2, 0.25) is 0 Å². The summed E-state index contributed by atoms with van der Waals surface area (Å²) in [4.78, 5) is 11.5. The molecule has 160 valence electrons. The molecule has 1 aromatic carbocycles. The lowest BCUT2D eigenvalue weighted by atomic mass is 10.1. The second-order valence-electron chi connectivity index (χ2n) is 5.47. The molecular formula is C16H13F3N4O6S. The number of pyridine rings is 1. The fourth-order valence-corrected chi connectivity index (χ4v) is 2.06. The Morgan fingerprint density at radius 2 is 1.57 bits per heavy atom. The van der Waals surface area contributed by atoms with E-state index in [1.54, 1.807) is 0 Å². The minimum Gasteiger partial charge on any atom is -0.504 e. The molecule has 0 bridgehead atoms. The van der Waals surface area contributed by atoms with E-state index in [2.05, 4.69) is 20.3 Å². The Labute approximate surface area is 167 Å². The third-order valence-electron chi connectivity index (χ3n) is 3.23. The Hall–Kier alpha value is -3.49. The molecule has 2 heterocycles. The summed E-state index contributed by atoms with van der Waals surface area (Å²) in [5.74, 6) is -0.382. The first-order valence-corrected chi connectivity index (χ1v) is 9.08. The molecule has 0 saturated heterocycles. The van der Waals surface area contributed by atoms with E-state index in [4.69, 9.17) is 17.5 Å². The van der Waals surface area contributed by atoms with Crippen molar-refractivity contribution in [1.29, 1.82) is 0 Å². The molecule has 0 fully saturated rings. The fourth-order valence-electron chi connectivity index (χ4n) is 2.06. The van der Waals surface area contributed by atoms with E-state index in [1.165, 1.54) is 42.7 Å². The molecule has 0 saturated carbocycles. The molecule has 0 spiro atoms.